The van der Waals surface area contributed by atoms with Crippen LogP contribution in [0.25, 0.3) is 5.69 Å². The van der Waals surface area contributed by atoms with Crippen LogP contribution in [0, 0.1) is 5.82 Å². The molecule has 22 heavy (non-hydrogen) atoms. The molecule has 0 saturated carbocycles. The lowest BCUT2D eigenvalue weighted by Crippen LogP contribution is -2.23. The van der Waals surface area contributed by atoms with Crippen LogP contribution < -0.4 is 5.32 Å². The molecule has 1 aliphatic rings. The van der Waals surface area contributed by atoms with Crippen molar-refractivity contribution in [1.82, 2.24) is 15.0 Å². The lowest BCUT2D eigenvalue weighted by atomic mass is 10.0. The number of alkyl halides is 5. The van der Waals surface area contributed by atoms with E-state index >= 15 is 0 Å². The molecule has 0 bridgehead atoms. The summed E-state index contributed by atoms with van der Waals surface area (Å²) >= 11 is 5.96. The summed E-state index contributed by atoms with van der Waals surface area (Å²) in [6, 6.07) is 0.305. The van der Waals surface area contributed by atoms with E-state index in [1.54, 1.807) is 0 Å². The molecule has 2 aromatic rings. The summed E-state index contributed by atoms with van der Waals surface area (Å²) in [4.78, 5) is 12.6. The first-order valence-corrected chi connectivity index (χ1v) is 7.22. The number of hydrogen-bond donors (Lipinski definition) is 1. The van der Waals surface area contributed by atoms with Crippen LogP contribution in [0.3, 0.4) is 0 Å². The van der Waals surface area contributed by atoms with Crippen LogP contribution in [0.5, 0.6) is 0 Å². The number of rotatable bonds is 1. The van der Waals surface area contributed by atoms with Gasteiger partial charge in [-0.1, -0.05) is 31.9 Å². The predicted octanol–water partition coefficient (Wildman–Crippen LogP) is 3.32. The Kier molecular flexibility index (Phi) is 3.33. The first-order valence-electron chi connectivity index (χ1n) is 5.64. The van der Waals surface area contributed by atoms with Gasteiger partial charge in [0.2, 0.25) is 0 Å². The molecule has 0 atom stereocenters. The summed E-state index contributed by atoms with van der Waals surface area (Å²) in [5.41, 5.74) is -2.47. The van der Waals surface area contributed by atoms with Gasteiger partial charge in [-0.25, -0.2) is 4.39 Å². The molecule has 1 aliphatic heterocycles. The van der Waals surface area contributed by atoms with E-state index in [4.69, 9.17) is 0 Å². The highest BCUT2D eigenvalue weighted by atomic mass is 79.9. The molecule has 2 heterocycles. The SMILES string of the molecule is O=C1Nc2c(F)cc(C(F)(F)F)c(-n3nccn3)c2C1(Br)Br. The molecular formula is C11H4Br2F4N4O. The number of hydrogen-bond acceptors (Lipinski definition) is 3. The fourth-order valence-electron chi connectivity index (χ4n) is 2.13. The Bertz CT molecular complexity index is 773. The van der Waals surface area contributed by atoms with Crippen molar-refractivity contribution in [3.8, 4) is 5.69 Å². The van der Waals surface area contributed by atoms with Gasteiger partial charge in [0, 0.05) is 5.56 Å². The van der Waals surface area contributed by atoms with Gasteiger partial charge in [-0.3, -0.25) is 4.79 Å². The van der Waals surface area contributed by atoms with Crippen molar-refractivity contribution in [2.75, 3.05) is 5.32 Å². The van der Waals surface area contributed by atoms with E-state index in [-0.39, 0.29) is 11.3 Å². The number of amides is 1. The van der Waals surface area contributed by atoms with Crippen molar-refractivity contribution >= 4 is 43.5 Å². The van der Waals surface area contributed by atoms with E-state index in [2.05, 4.69) is 47.4 Å². The van der Waals surface area contributed by atoms with Crippen LogP contribution in [0.1, 0.15) is 11.1 Å². The Morgan fingerprint density at radius 1 is 1.23 bits per heavy atom. The molecule has 0 aliphatic carbocycles. The fourth-order valence-corrected chi connectivity index (χ4v) is 3.10. The number of fused-ring (bicyclic) bond motifs is 1. The zero-order valence-electron chi connectivity index (χ0n) is 10.2. The number of aromatic nitrogens is 3. The van der Waals surface area contributed by atoms with Crippen LogP contribution in [-0.2, 0) is 14.2 Å². The van der Waals surface area contributed by atoms with Gasteiger partial charge in [-0.2, -0.15) is 28.2 Å². The number of anilines is 1. The summed E-state index contributed by atoms with van der Waals surface area (Å²) < 4.78 is 52.1. The first kappa shape index (κ1) is 15.4. The molecule has 11 heteroatoms. The number of benzene rings is 1. The van der Waals surface area contributed by atoms with Gasteiger partial charge in [0.15, 0.2) is 3.23 Å². The monoisotopic (exact) mass is 442 g/mol. The average molecular weight is 444 g/mol. The topological polar surface area (TPSA) is 59.8 Å². The molecule has 116 valence electrons. The molecule has 0 fully saturated rings. The zero-order valence-corrected chi connectivity index (χ0v) is 13.4. The normalized spacial score (nSPS) is 16.5. The van der Waals surface area contributed by atoms with Crippen LogP contribution in [0.2, 0.25) is 0 Å². The van der Waals surface area contributed by atoms with E-state index in [0.717, 1.165) is 0 Å². The van der Waals surface area contributed by atoms with Crippen molar-refractivity contribution < 1.29 is 22.4 Å². The van der Waals surface area contributed by atoms with Crippen molar-refractivity contribution in [2.24, 2.45) is 0 Å². The maximum atomic E-state index is 14.0. The van der Waals surface area contributed by atoms with Crippen molar-refractivity contribution in [1.29, 1.82) is 0 Å². The number of nitrogens with zero attached hydrogens (tertiary/aromatic N) is 3. The largest absolute Gasteiger partial charge is 0.418 e. The Hall–Kier alpha value is -1.49. The second kappa shape index (κ2) is 4.75. The Morgan fingerprint density at radius 3 is 2.36 bits per heavy atom. The Morgan fingerprint density at radius 2 is 1.82 bits per heavy atom. The maximum absolute atomic E-state index is 14.0. The van der Waals surface area contributed by atoms with Gasteiger partial charge >= 0.3 is 6.18 Å². The molecule has 0 saturated heterocycles. The highest BCUT2D eigenvalue weighted by Crippen LogP contribution is 2.53. The maximum Gasteiger partial charge on any atom is 0.418 e. The standard InChI is InChI=1S/C11H4Br2F4N4O/c12-10(13)6-7(20-9(10)22)5(14)3-4(11(15,16)17)8(6)21-18-1-2-19-21/h1-3H,(H,20,22). The summed E-state index contributed by atoms with van der Waals surface area (Å²) in [5, 5.41) is 9.51. The third-order valence-corrected chi connectivity index (χ3v) is 4.53. The smallest absolute Gasteiger partial charge is 0.321 e. The van der Waals surface area contributed by atoms with Gasteiger partial charge in [-0.15, -0.1) is 0 Å². The first-order chi connectivity index (χ1) is 10.1. The van der Waals surface area contributed by atoms with Gasteiger partial charge < -0.3 is 5.32 Å². The quantitative estimate of drug-likeness (QED) is 0.543. The molecule has 5 nitrogen and oxygen atoms in total. The van der Waals surface area contributed by atoms with Crippen LogP contribution in [0.15, 0.2) is 18.5 Å². The number of halogens is 6. The lowest BCUT2D eigenvalue weighted by molar-refractivity contribution is -0.137. The summed E-state index contributed by atoms with van der Waals surface area (Å²) in [6.07, 6.45) is -2.52. The molecule has 1 aromatic carbocycles. The van der Waals surface area contributed by atoms with E-state index in [0.29, 0.717) is 10.9 Å². The van der Waals surface area contributed by atoms with Gasteiger partial charge in [0.25, 0.3) is 5.91 Å². The highest BCUT2D eigenvalue weighted by molar-refractivity contribution is 9.25. The Balaban J connectivity index is 2.45. The van der Waals surface area contributed by atoms with E-state index in [1.165, 1.54) is 12.4 Å². The van der Waals surface area contributed by atoms with Crippen molar-refractivity contribution in [3.63, 3.8) is 0 Å². The van der Waals surface area contributed by atoms with E-state index in [1.807, 2.05) is 0 Å². The molecule has 1 aromatic heterocycles. The summed E-state index contributed by atoms with van der Waals surface area (Å²) in [7, 11) is 0. The van der Waals surface area contributed by atoms with E-state index in [9.17, 15) is 22.4 Å². The molecule has 1 amide bonds. The minimum absolute atomic E-state index is 0.277. The second-order valence-electron chi connectivity index (χ2n) is 4.35. The molecule has 3 rings (SSSR count). The molecule has 0 unspecified atom stereocenters. The third-order valence-electron chi connectivity index (χ3n) is 3.01. The summed E-state index contributed by atoms with van der Waals surface area (Å²) in [5.74, 6) is -1.96. The molecule has 0 spiro atoms. The lowest BCUT2D eigenvalue weighted by Gasteiger charge is -2.19. The van der Waals surface area contributed by atoms with Gasteiger partial charge in [-0.05, 0) is 6.07 Å². The van der Waals surface area contributed by atoms with E-state index < -0.39 is 32.4 Å². The zero-order chi connectivity index (χ0) is 16.3. The molecule has 1 N–H and O–H groups in total. The predicted molar refractivity (Wildman–Crippen MR) is 74.5 cm³/mol. The van der Waals surface area contributed by atoms with Crippen LogP contribution in [0.4, 0.5) is 23.2 Å². The van der Waals surface area contributed by atoms with Crippen molar-refractivity contribution in [3.05, 3.63) is 35.4 Å². The van der Waals surface area contributed by atoms with Gasteiger partial charge in [0.1, 0.15) is 11.5 Å². The number of nitrogens with one attached hydrogen (secondary N) is 1. The number of carbonyl (C=O) groups is 1. The second-order valence-corrected chi connectivity index (χ2v) is 7.79. The minimum Gasteiger partial charge on any atom is -0.321 e. The van der Waals surface area contributed by atoms with Crippen LogP contribution in [-0.4, -0.2) is 20.9 Å². The highest BCUT2D eigenvalue weighted by Gasteiger charge is 2.50. The van der Waals surface area contributed by atoms with Crippen LogP contribution >= 0.6 is 31.9 Å². The third kappa shape index (κ3) is 2.14. The minimum atomic E-state index is -4.86. The molecular weight excluding hydrogens is 440 g/mol. The van der Waals surface area contributed by atoms with Crippen molar-refractivity contribution in [2.45, 2.75) is 9.41 Å². The number of carbonyl (C=O) groups excluding carboxylic acids is 1. The Labute approximate surface area is 136 Å². The van der Waals surface area contributed by atoms with Gasteiger partial charge in [0.05, 0.1) is 23.6 Å². The fraction of sp³-hybridized carbons (Fsp3) is 0.182. The average Bonchev–Trinajstić information content (AvgIpc) is 2.98. The summed E-state index contributed by atoms with van der Waals surface area (Å²) in [6.45, 7) is 0. The molecule has 0 radical (unpaired) electrons.